The molecule has 1 fully saturated rings. The topological polar surface area (TPSA) is 104 Å². The highest BCUT2D eigenvalue weighted by atomic mass is 16.2. The Kier molecular flexibility index (Phi) is 5.88. The maximum absolute atomic E-state index is 12.6. The standard InChI is InChI=1S/C19H27N5O2/c1-13-4-2-6-15-18(13)23-16(22-15)7-8-17(25)24-11-3-5-14(12-24)19(26)21-10-9-20/h2,4,6,14H,3,5,7-12,20H2,1H3,(H,21,26)(H,22,23). The van der Waals surface area contributed by atoms with Crippen molar-refractivity contribution < 1.29 is 9.59 Å². The molecule has 2 aromatic rings. The van der Waals surface area contributed by atoms with E-state index in [2.05, 4.69) is 15.3 Å². The van der Waals surface area contributed by atoms with Crippen LogP contribution in [0.1, 0.15) is 30.7 Å². The van der Waals surface area contributed by atoms with Gasteiger partial charge in [-0.1, -0.05) is 12.1 Å². The highest BCUT2D eigenvalue weighted by Crippen LogP contribution is 2.19. The van der Waals surface area contributed by atoms with Gasteiger partial charge in [0.15, 0.2) is 0 Å². The number of aryl methyl sites for hydroxylation is 2. The number of H-pyrrole nitrogens is 1. The number of para-hydroxylation sites is 1. The normalized spacial score (nSPS) is 17.5. The fraction of sp³-hybridized carbons (Fsp3) is 0.526. The number of nitrogens with zero attached hydrogens (tertiary/aromatic N) is 2. The first kappa shape index (κ1) is 18.4. The van der Waals surface area contributed by atoms with Crippen LogP contribution in [-0.2, 0) is 16.0 Å². The lowest BCUT2D eigenvalue weighted by Gasteiger charge is -2.32. The van der Waals surface area contributed by atoms with Crippen LogP contribution in [0, 0.1) is 12.8 Å². The van der Waals surface area contributed by atoms with Crippen LogP contribution in [0.25, 0.3) is 11.0 Å². The highest BCUT2D eigenvalue weighted by Gasteiger charge is 2.28. The number of fused-ring (bicyclic) bond motifs is 1. The fourth-order valence-corrected chi connectivity index (χ4v) is 3.49. The number of aromatic nitrogens is 2. The van der Waals surface area contributed by atoms with Crippen molar-refractivity contribution >= 4 is 22.8 Å². The smallest absolute Gasteiger partial charge is 0.224 e. The first-order valence-corrected chi connectivity index (χ1v) is 9.28. The Balaban J connectivity index is 1.55. The monoisotopic (exact) mass is 357 g/mol. The molecule has 1 atom stereocenters. The molecule has 2 heterocycles. The molecule has 1 unspecified atom stereocenters. The number of hydrogen-bond donors (Lipinski definition) is 3. The van der Waals surface area contributed by atoms with E-state index in [1.807, 2.05) is 30.0 Å². The number of nitrogens with two attached hydrogens (primary N) is 1. The lowest BCUT2D eigenvalue weighted by molar-refractivity contribution is -0.135. The molecule has 140 valence electrons. The number of benzene rings is 1. The van der Waals surface area contributed by atoms with Gasteiger partial charge in [-0.2, -0.15) is 0 Å². The number of carbonyl (C=O) groups is 2. The maximum Gasteiger partial charge on any atom is 0.224 e. The summed E-state index contributed by atoms with van der Waals surface area (Å²) in [4.78, 5) is 34.4. The SMILES string of the molecule is Cc1cccc2[nH]c(CCC(=O)N3CCCC(C(=O)NCCN)C3)nc12. The maximum atomic E-state index is 12.6. The molecule has 0 bridgehead atoms. The van der Waals surface area contributed by atoms with E-state index in [1.165, 1.54) is 0 Å². The average molecular weight is 357 g/mol. The van der Waals surface area contributed by atoms with Gasteiger partial charge in [0, 0.05) is 39.0 Å². The van der Waals surface area contributed by atoms with Crippen molar-refractivity contribution in [1.82, 2.24) is 20.2 Å². The van der Waals surface area contributed by atoms with E-state index in [1.54, 1.807) is 0 Å². The molecule has 1 aromatic carbocycles. The summed E-state index contributed by atoms with van der Waals surface area (Å²) in [5, 5.41) is 2.82. The van der Waals surface area contributed by atoms with Gasteiger partial charge in [0.05, 0.1) is 17.0 Å². The second-order valence-electron chi connectivity index (χ2n) is 6.91. The molecule has 0 aliphatic carbocycles. The molecule has 26 heavy (non-hydrogen) atoms. The summed E-state index contributed by atoms with van der Waals surface area (Å²) in [6, 6.07) is 6.02. The van der Waals surface area contributed by atoms with Crippen molar-refractivity contribution in [3.8, 4) is 0 Å². The molecular weight excluding hydrogens is 330 g/mol. The zero-order chi connectivity index (χ0) is 18.5. The fourth-order valence-electron chi connectivity index (χ4n) is 3.49. The molecule has 1 aliphatic rings. The summed E-state index contributed by atoms with van der Waals surface area (Å²) < 4.78 is 0. The second-order valence-corrected chi connectivity index (χ2v) is 6.91. The predicted octanol–water partition coefficient (Wildman–Crippen LogP) is 1.12. The number of nitrogens with one attached hydrogen (secondary N) is 2. The molecule has 0 saturated carbocycles. The van der Waals surface area contributed by atoms with E-state index in [4.69, 9.17) is 5.73 Å². The van der Waals surface area contributed by atoms with Crippen molar-refractivity contribution in [1.29, 1.82) is 0 Å². The zero-order valence-corrected chi connectivity index (χ0v) is 15.3. The highest BCUT2D eigenvalue weighted by molar-refractivity contribution is 5.82. The molecule has 7 heteroatoms. The molecule has 1 saturated heterocycles. The van der Waals surface area contributed by atoms with Crippen LogP contribution in [0.2, 0.25) is 0 Å². The molecule has 1 aromatic heterocycles. The number of piperidine rings is 1. The van der Waals surface area contributed by atoms with Crippen LogP contribution in [0.4, 0.5) is 0 Å². The molecule has 3 rings (SSSR count). The Hall–Kier alpha value is -2.41. The minimum Gasteiger partial charge on any atom is -0.355 e. The minimum atomic E-state index is -0.131. The van der Waals surface area contributed by atoms with Crippen molar-refractivity contribution in [3.63, 3.8) is 0 Å². The molecule has 7 nitrogen and oxygen atoms in total. The lowest BCUT2D eigenvalue weighted by Crippen LogP contribution is -2.46. The number of amides is 2. The van der Waals surface area contributed by atoms with Crippen LogP contribution >= 0.6 is 0 Å². The largest absolute Gasteiger partial charge is 0.355 e. The zero-order valence-electron chi connectivity index (χ0n) is 15.3. The number of likely N-dealkylation sites (tertiary alicyclic amines) is 1. The van der Waals surface area contributed by atoms with Crippen molar-refractivity contribution in [3.05, 3.63) is 29.6 Å². The minimum absolute atomic E-state index is 0.000657. The van der Waals surface area contributed by atoms with Crippen LogP contribution < -0.4 is 11.1 Å². The molecular formula is C19H27N5O2. The van der Waals surface area contributed by atoms with Crippen molar-refractivity contribution in [2.45, 2.75) is 32.6 Å². The molecule has 4 N–H and O–H groups in total. The quantitative estimate of drug-likeness (QED) is 0.720. The van der Waals surface area contributed by atoms with Crippen LogP contribution in [0.15, 0.2) is 18.2 Å². The van der Waals surface area contributed by atoms with Crippen molar-refractivity contribution in [2.24, 2.45) is 11.7 Å². The third-order valence-electron chi connectivity index (χ3n) is 4.93. The number of hydrogen-bond acceptors (Lipinski definition) is 4. The number of carbonyl (C=O) groups excluding carboxylic acids is 2. The average Bonchev–Trinajstić information content (AvgIpc) is 3.09. The summed E-state index contributed by atoms with van der Waals surface area (Å²) in [5.41, 5.74) is 8.51. The predicted molar refractivity (Wildman–Crippen MR) is 101 cm³/mol. The molecule has 2 amide bonds. The van der Waals surface area contributed by atoms with E-state index < -0.39 is 0 Å². The van der Waals surface area contributed by atoms with Crippen LogP contribution in [0.5, 0.6) is 0 Å². The number of rotatable bonds is 6. The third kappa shape index (κ3) is 4.22. The summed E-state index contributed by atoms with van der Waals surface area (Å²) in [5.74, 6) is 0.782. The second kappa shape index (κ2) is 8.31. The summed E-state index contributed by atoms with van der Waals surface area (Å²) in [6.07, 6.45) is 2.66. The van der Waals surface area contributed by atoms with Gasteiger partial charge in [0.2, 0.25) is 11.8 Å². The Morgan fingerprint density at radius 3 is 3.04 bits per heavy atom. The first-order chi connectivity index (χ1) is 12.6. The van der Waals surface area contributed by atoms with Gasteiger partial charge in [0.25, 0.3) is 0 Å². The van der Waals surface area contributed by atoms with E-state index in [0.717, 1.165) is 41.8 Å². The summed E-state index contributed by atoms with van der Waals surface area (Å²) in [7, 11) is 0. The third-order valence-corrected chi connectivity index (χ3v) is 4.93. The van der Waals surface area contributed by atoms with Gasteiger partial charge < -0.3 is 20.9 Å². The number of aromatic amines is 1. The van der Waals surface area contributed by atoms with Gasteiger partial charge in [0.1, 0.15) is 5.82 Å². The summed E-state index contributed by atoms with van der Waals surface area (Å²) >= 11 is 0. The van der Waals surface area contributed by atoms with E-state index in [0.29, 0.717) is 32.5 Å². The van der Waals surface area contributed by atoms with E-state index in [-0.39, 0.29) is 17.7 Å². The molecule has 1 aliphatic heterocycles. The van der Waals surface area contributed by atoms with Gasteiger partial charge >= 0.3 is 0 Å². The van der Waals surface area contributed by atoms with Crippen molar-refractivity contribution in [2.75, 3.05) is 26.2 Å². The lowest BCUT2D eigenvalue weighted by atomic mass is 9.96. The number of imidazole rings is 1. The van der Waals surface area contributed by atoms with Crippen LogP contribution in [-0.4, -0.2) is 52.9 Å². The Bertz CT molecular complexity index is 785. The molecule has 0 spiro atoms. The van der Waals surface area contributed by atoms with Gasteiger partial charge in [-0.3, -0.25) is 9.59 Å². The van der Waals surface area contributed by atoms with Gasteiger partial charge in [-0.15, -0.1) is 0 Å². The van der Waals surface area contributed by atoms with E-state index in [9.17, 15) is 9.59 Å². The summed E-state index contributed by atoms with van der Waals surface area (Å²) in [6.45, 7) is 4.15. The Morgan fingerprint density at radius 1 is 1.42 bits per heavy atom. The van der Waals surface area contributed by atoms with Crippen LogP contribution in [0.3, 0.4) is 0 Å². The Morgan fingerprint density at radius 2 is 2.27 bits per heavy atom. The van der Waals surface area contributed by atoms with Gasteiger partial charge in [-0.25, -0.2) is 4.98 Å². The first-order valence-electron chi connectivity index (χ1n) is 9.28. The van der Waals surface area contributed by atoms with E-state index >= 15 is 0 Å². The van der Waals surface area contributed by atoms with Gasteiger partial charge in [-0.05, 0) is 31.4 Å². The Labute approximate surface area is 153 Å². The molecule has 0 radical (unpaired) electrons.